The molecule has 2 aromatic rings. The molecule has 2 amide bonds. The number of nitrogens with two attached hydrogens (primary N) is 1. The summed E-state index contributed by atoms with van der Waals surface area (Å²) in [5.41, 5.74) is 6.94. The van der Waals surface area contributed by atoms with E-state index in [-0.39, 0.29) is 24.5 Å². The minimum Gasteiger partial charge on any atom is -0.370 e. The van der Waals surface area contributed by atoms with Crippen molar-refractivity contribution in [1.29, 1.82) is 0 Å². The Bertz CT molecular complexity index is 735. The zero-order valence-electron chi connectivity index (χ0n) is 14.3. The molecule has 0 aromatic carbocycles. The lowest BCUT2D eigenvalue weighted by atomic mass is 10.1. The maximum Gasteiger partial charge on any atom is 0.240 e. The van der Waals surface area contributed by atoms with E-state index in [4.69, 9.17) is 10.5 Å². The number of primary amides is 1. The highest BCUT2D eigenvalue weighted by Gasteiger charge is 2.24. The van der Waals surface area contributed by atoms with E-state index in [1.54, 1.807) is 12.4 Å². The van der Waals surface area contributed by atoms with Crippen LogP contribution in [0.1, 0.15) is 23.8 Å². The van der Waals surface area contributed by atoms with Crippen molar-refractivity contribution < 1.29 is 14.3 Å². The fourth-order valence-electron chi connectivity index (χ4n) is 2.71. The second-order valence-corrected chi connectivity index (χ2v) is 6.93. The van der Waals surface area contributed by atoms with Crippen molar-refractivity contribution in [3.8, 4) is 0 Å². The van der Waals surface area contributed by atoms with E-state index in [9.17, 15) is 9.59 Å². The molecule has 0 radical (unpaired) electrons. The van der Waals surface area contributed by atoms with Crippen LogP contribution in [0.3, 0.4) is 0 Å². The van der Waals surface area contributed by atoms with Crippen LogP contribution < -0.4 is 11.1 Å². The molecule has 3 rings (SSSR count). The summed E-state index contributed by atoms with van der Waals surface area (Å²) in [5.74, 6) is -0.410. The Balaban J connectivity index is 1.52. The molecule has 0 saturated carbocycles. The number of nitrogens with one attached hydrogen (secondary N) is 1. The molecule has 2 aromatic heterocycles. The first-order valence-corrected chi connectivity index (χ1v) is 9.24. The lowest BCUT2D eigenvalue weighted by Gasteiger charge is -2.32. The molecule has 1 aliphatic rings. The number of thiazole rings is 1. The second kappa shape index (κ2) is 8.84. The Morgan fingerprint density at radius 1 is 1.38 bits per heavy atom. The summed E-state index contributed by atoms with van der Waals surface area (Å²) < 4.78 is 5.80. The Hall–Kier alpha value is -2.36. The smallest absolute Gasteiger partial charge is 0.240 e. The first-order chi connectivity index (χ1) is 12.6. The van der Waals surface area contributed by atoms with Gasteiger partial charge in [0.25, 0.3) is 0 Å². The number of hydrogen-bond acceptors (Lipinski definition) is 7. The van der Waals surface area contributed by atoms with Crippen molar-refractivity contribution in [1.82, 2.24) is 14.9 Å². The molecule has 0 aliphatic carbocycles. The second-order valence-electron chi connectivity index (χ2n) is 6.04. The van der Waals surface area contributed by atoms with Crippen LogP contribution in [0.5, 0.6) is 0 Å². The fourth-order valence-corrected chi connectivity index (χ4v) is 3.26. The van der Waals surface area contributed by atoms with E-state index in [1.165, 1.54) is 11.3 Å². The van der Waals surface area contributed by atoms with Crippen LogP contribution in [0.2, 0.25) is 0 Å². The van der Waals surface area contributed by atoms with Crippen molar-refractivity contribution in [2.75, 3.05) is 31.6 Å². The third kappa shape index (κ3) is 5.32. The highest BCUT2D eigenvalue weighted by atomic mass is 32.1. The molecule has 1 saturated heterocycles. The number of anilines is 1. The predicted octanol–water partition coefficient (Wildman–Crippen LogP) is 0.968. The average molecular weight is 375 g/mol. The summed E-state index contributed by atoms with van der Waals surface area (Å²) in [4.78, 5) is 33.5. The van der Waals surface area contributed by atoms with Gasteiger partial charge in [-0.1, -0.05) is 6.07 Å². The topological polar surface area (TPSA) is 110 Å². The highest BCUT2D eigenvalue weighted by molar-refractivity contribution is 7.13. The minimum absolute atomic E-state index is 0.0876. The third-order valence-corrected chi connectivity index (χ3v) is 4.72. The number of aromatic nitrogens is 2. The van der Waals surface area contributed by atoms with E-state index >= 15 is 0 Å². The summed E-state index contributed by atoms with van der Waals surface area (Å²) >= 11 is 1.39. The van der Waals surface area contributed by atoms with Crippen LogP contribution in [0.4, 0.5) is 5.13 Å². The monoisotopic (exact) mass is 375 g/mol. The number of amides is 2. The maximum absolute atomic E-state index is 12.1. The zero-order chi connectivity index (χ0) is 18.4. The molecule has 0 bridgehead atoms. The molecular formula is C17H21N5O3S. The molecule has 8 nitrogen and oxygen atoms in total. The summed E-state index contributed by atoms with van der Waals surface area (Å²) in [7, 11) is 0. The average Bonchev–Trinajstić information content (AvgIpc) is 3.13. The number of aryl methyl sites for hydroxylation is 1. The quantitative estimate of drug-likeness (QED) is 0.746. The maximum atomic E-state index is 12.1. The van der Waals surface area contributed by atoms with E-state index < -0.39 is 0 Å². The van der Waals surface area contributed by atoms with Crippen LogP contribution in [0.25, 0.3) is 0 Å². The SMILES string of the molecule is NC(=O)CCc1ccc(C2CN(CC(=O)Nc3nccs3)CCO2)nc1. The van der Waals surface area contributed by atoms with Gasteiger partial charge in [0, 0.05) is 37.3 Å². The van der Waals surface area contributed by atoms with Gasteiger partial charge in [-0.05, 0) is 18.1 Å². The number of nitrogens with zero attached hydrogens (tertiary/aromatic N) is 3. The molecule has 3 N–H and O–H groups in total. The Morgan fingerprint density at radius 3 is 2.96 bits per heavy atom. The molecule has 26 heavy (non-hydrogen) atoms. The molecule has 1 atom stereocenters. The van der Waals surface area contributed by atoms with Crippen molar-refractivity contribution in [2.45, 2.75) is 18.9 Å². The lowest BCUT2D eigenvalue weighted by molar-refractivity contribution is -0.119. The molecule has 138 valence electrons. The Labute approximate surface area is 155 Å². The van der Waals surface area contributed by atoms with Gasteiger partial charge in [-0.15, -0.1) is 11.3 Å². The van der Waals surface area contributed by atoms with Gasteiger partial charge in [0.15, 0.2) is 5.13 Å². The van der Waals surface area contributed by atoms with Gasteiger partial charge < -0.3 is 15.8 Å². The van der Waals surface area contributed by atoms with Crippen LogP contribution in [-0.2, 0) is 20.7 Å². The number of ether oxygens (including phenoxy) is 1. The minimum atomic E-state index is -0.323. The molecule has 0 spiro atoms. The number of carbonyl (C=O) groups is 2. The fraction of sp³-hybridized carbons (Fsp3) is 0.412. The van der Waals surface area contributed by atoms with E-state index in [2.05, 4.69) is 15.3 Å². The molecular weight excluding hydrogens is 354 g/mol. The predicted molar refractivity (Wildman–Crippen MR) is 97.6 cm³/mol. The lowest BCUT2D eigenvalue weighted by Crippen LogP contribution is -2.42. The van der Waals surface area contributed by atoms with E-state index in [0.717, 1.165) is 11.3 Å². The number of morpholine rings is 1. The molecule has 3 heterocycles. The van der Waals surface area contributed by atoms with Crippen molar-refractivity contribution in [3.05, 3.63) is 41.2 Å². The summed E-state index contributed by atoms with van der Waals surface area (Å²) in [5, 5.41) is 5.21. The van der Waals surface area contributed by atoms with Gasteiger partial charge in [-0.2, -0.15) is 0 Å². The summed E-state index contributed by atoms with van der Waals surface area (Å²) in [6.45, 7) is 2.12. The Kier molecular flexibility index (Phi) is 6.26. The first-order valence-electron chi connectivity index (χ1n) is 8.36. The molecule has 1 aliphatic heterocycles. The van der Waals surface area contributed by atoms with Gasteiger partial charge in [-0.25, -0.2) is 4.98 Å². The van der Waals surface area contributed by atoms with E-state index in [0.29, 0.717) is 37.7 Å². The standard InChI is InChI=1S/C17H21N5O3S/c18-15(23)4-2-12-1-3-13(20-9-12)14-10-22(6-7-25-14)11-16(24)21-17-19-5-8-26-17/h1,3,5,8-9,14H,2,4,6-7,10-11H2,(H2,18,23)(H,19,21,24). The van der Waals surface area contributed by atoms with Gasteiger partial charge in [-0.3, -0.25) is 19.5 Å². The van der Waals surface area contributed by atoms with Crippen LogP contribution in [0.15, 0.2) is 29.9 Å². The largest absolute Gasteiger partial charge is 0.370 e. The summed E-state index contributed by atoms with van der Waals surface area (Å²) in [6, 6.07) is 3.84. The van der Waals surface area contributed by atoms with Gasteiger partial charge in [0.2, 0.25) is 11.8 Å². The number of hydrogen-bond donors (Lipinski definition) is 2. The van der Waals surface area contributed by atoms with Crippen molar-refractivity contribution in [3.63, 3.8) is 0 Å². The van der Waals surface area contributed by atoms with Gasteiger partial charge in [0.1, 0.15) is 6.10 Å². The van der Waals surface area contributed by atoms with Crippen molar-refractivity contribution in [2.24, 2.45) is 5.73 Å². The number of rotatable bonds is 7. The third-order valence-electron chi connectivity index (χ3n) is 4.03. The highest BCUT2D eigenvalue weighted by Crippen LogP contribution is 2.21. The zero-order valence-corrected chi connectivity index (χ0v) is 15.1. The molecule has 1 unspecified atom stereocenters. The first kappa shape index (κ1) is 18.4. The van der Waals surface area contributed by atoms with Crippen LogP contribution in [-0.4, -0.2) is 52.9 Å². The molecule has 9 heteroatoms. The normalized spacial score (nSPS) is 17.8. The van der Waals surface area contributed by atoms with Crippen LogP contribution in [0, 0.1) is 0 Å². The molecule has 1 fully saturated rings. The Morgan fingerprint density at radius 2 is 2.27 bits per heavy atom. The number of carbonyl (C=O) groups excluding carboxylic acids is 2. The number of pyridine rings is 1. The van der Waals surface area contributed by atoms with Crippen molar-refractivity contribution >= 4 is 28.3 Å². The van der Waals surface area contributed by atoms with Crippen LogP contribution >= 0.6 is 11.3 Å². The van der Waals surface area contributed by atoms with Gasteiger partial charge in [0.05, 0.1) is 18.8 Å². The van der Waals surface area contributed by atoms with Gasteiger partial charge >= 0.3 is 0 Å². The van der Waals surface area contributed by atoms with E-state index in [1.807, 2.05) is 22.4 Å². The summed E-state index contributed by atoms with van der Waals surface area (Å²) in [6.07, 6.45) is 4.11.